The summed E-state index contributed by atoms with van der Waals surface area (Å²) in [6.07, 6.45) is 2.74. The number of carbonyl (C=O) groups is 1. The minimum atomic E-state index is -3.63. The molecule has 1 amide bonds. The van der Waals surface area contributed by atoms with Crippen LogP contribution in [-0.4, -0.2) is 43.7 Å². The predicted molar refractivity (Wildman–Crippen MR) is 103 cm³/mol. The highest BCUT2D eigenvalue weighted by Gasteiger charge is 2.28. The van der Waals surface area contributed by atoms with Crippen LogP contribution in [0.1, 0.15) is 41.1 Å². The Hall–Kier alpha value is -1.83. The third-order valence-corrected chi connectivity index (χ3v) is 6.88. The fourth-order valence-electron chi connectivity index (χ4n) is 3.16. The molecule has 0 radical (unpaired) electrons. The Morgan fingerprint density at radius 1 is 1.19 bits per heavy atom. The summed E-state index contributed by atoms with van der Waals surface area (Å²) in [7, 11) is -2.00. The summed E-state index contributed by atoms with van der Waals surface area (Å²) >= 11 is 6.20. The number of hydrogen-bond donors (Lipinski definition) is 0. The van der Waals surface area contributed by atoms with Crippen molar-refractivity contribution in [3.05, 3.63) is 52.4 Å². The zero-order valence-corrected chi connectivity index (χ0v) is 17.0. The van der Waals surface area contributed by atoms with Gasteiger partial charge in [0.2, 0.25) is 10.0 Å². The van der Waals surface area contributed by atoms with Gasteiger partial charge in [-0.3, -0.25) is 4.79 Å². The Kier molecular flexibility index (Phi) is 5.93. The van der Waals surface area contributed by atoms with Crippen molar-refractivity contribution < 1.29 is 17.6 Å². The minimum Gasteiger partial charge on any atom is -0.464 e. The molecule has 2 aromatic rings. The van der Waals surface area contributed by atoms with E-state index in [9.17, 15) is 13.2 Å². The number of nitrogens with zero attached hydrogens (tertiary/aromatic N) is 2. The van der Waals surface area contributed by atoms with Crippen LogP contribution in [0.3, 0.4) is 0 Å². The molecule has 1 aromatic heterocycles. The first-order valence-electron chi connectivity index (χ1n) is 8.89. The van der Waals surface area contributed by atoms with Crippen LogP contribution < -0.4 is 0 Å². The molecular weight excluding hydrogens is 388 g/mol. The molecule has 8 heteroatoms. The average Bonchev–Trinajstić information content (AvgIpc) is 3.06. The second kappa shape index (κ2) is 8.04. The van der Waals surface area contributed by atoms with Crippen LogP contribution in [0, 0.1) is 6.92 Å². The summed E-state index contributed by atoms with van der Waals surface area (Å²) in [6, 6.07) is 7.93. The van der Waals surface area contributed by atoms with Crippen LogP contribution in [0.2, 0.25) is 5.02 Å². The summed E-state index contributed by atoms with van der Waals surface area (Å²) in [5.74, 6) is 1.06. The van der Waals surface area contributed by atoms with Gasteiger partial charge in [-0.15, -0.1) is 0 Å². The summed E-state index contributed by atoms with van der Waals surface area (Å²) in [4.78, 5) is 14.4. The molecular formula is C19H23ClN2O4S. The number of rotatable bonds is 5. The lowest BCUT2D eigenvalue weighted by Crippen LogP contribution is -2.35. The fraction of sp³-hybridized carbons (Fsp3) is 0.421. The van der Waals surface area contributed by atoms with Crippen molar-refractivity contribution in [1.82, 2.24) is 9.21 Å². The molecule has 1 saturated heterocycles. The van der Waals surface area contributed by atoms with Gasteiger partial charge in [-0.1, -0.05) is 18.0 Å². The number of sulfonamides is 1. The Bertz CT molecular complexity index is 933. The monoisotopic (exact) mass is 410 g/mol. The number of halogens is 1. The molecule has 1 aliphatic heterocycles. The Balaban J connectivity index is 1.85. The second-order valence-electron chi connectivity index (χ2n) is 6.78. The number of piperidine rings is 1. The van der Waals surface area contributed by atoms with E-state index in [0.717, 1.165) is 25.0 Å². The summed E-state index contributed by atoms with van der Waals surface area (Å²) in [5.41, 5.74) is 0.167. The van der Waals surface area contributed by atoms with Crippen LogP contribution in [0.5, 0.6) is 0 Å². The normalized spacial score (nSPS) is 15.7. The van der Waals surface area contributed by atoms with Gasteiger partial charge in [-0.2, -0.15) is 4.31 Å². The quantitative estimate of drug-likeness (QED) is 0.753. The Labute approximate surface area is 164 Å². The van der Waals surface area contributed by atoms with E-state index in [2.05, 4.69) is 0 Å². The molecule has 0 saturated carbocycles. The average molecular weight is 411 g/mol. The molecule has 3 rings (SSSR count). The van der Waals surface area contributed by atoms with Crippen molar-refractivity contribution >= 4 is 27.5 Å². The molecule has 0 aliphatic carbocycles. The zero-order chi connectivity index (χ0) is 19.6. The van der Waals surface area contributed by atoms with E-state index in [0.29, 0.717) is 18.8 Å². The Morgan fingerprint density at radius 2 is 1.89 bits per heavy atom. The van der Waals surface area contributed by atoms with Gasteiger partial charge in [-0.05, 0) is 50.1 Å². The van der Waals surface area contributed by atoms with Crippen molar-refractivity contribution in [2.75, 3.05) is 20.1 Å². The summed E-state index contributed by atoms with van der Waals surface area (Å²) in [6.45, 7) is 3.11. The Morgan fingerprint density at radius 3 is 2.52 bits per heavy atom. The standard InChI is InChI=1S/C19H23ClN2O4S/c1-14-6-7-15(26-14)13-21(2)19(23)17-12-16(8-9-18(17)20)27(24,25)22-10-4-3-5-11-22/h6-9,12H,3-5,10-11,13H2,1-2H3. The van der Waals surface area contributed by atoms with E-state index in [1.165, 1.54) is 27.4 Å². The lowest BCUT2D eigenvalue weighted by molar-refractivity contribution is 0.0775. The molecule has 0 bridgehead atoms. The molecule has 1 aliphatic rings. The van der Waals surface area contributed by atoms with Crippen molar-refractivity contribution in [2.24, 2.45) is 0 Å². The van der Waals surface area contributed by atoms with Gasteiger partial charge in [-0.25, -0.2) is 8.42 Å². The first-order valence-corrected chi connectivity index (χ1v) is 10.7. The molecule has 0 N–H and O–H groups in total. The van der Waals surface area contributed by atoms with Crippen molar-refractivity contribution in [3.63, 3.8) is 0 Å². The number of carbonyl (C=O) groups excluding carboxylic acids is 1. The van der Waals surface area contributed by atoms with Crippen LogP contribution >= 0.6 is 11.6 Å². The van der Waals surface area contributed by atoms with E-state index in [1.54, 1.807) is 13.1 Å². The first-order chi connectivity index (χ1) is 12.8. The van der Waals surface area contributed by atoms with Crippen LogP contribution in [-0.2, 0) is 16.6 Å². The number of furan rings is 1. The van der Waals surface area contributed by atoms with Crippen molar-refractivity contribution in [2.45, 2.75) is 37.6 Å². The second-order valence-corrected chi connectivity index (χ2v) is 9.13. The van der Waals surface area contributed by atoms with Crippen molar-refractivity contribution in [3.8, 4) is 0 Å². The topological polar surface area (TPSA) is 70.8 Å². The largest absolute Gasteiger partial charge is 0.464 e. The lowest BCUT2D eigenvalue weighted by Gasteiger charge is -2.26. The van der Waals surface area contributed by atoms with E-state index in [4.69, 9.17) is 16.0 Å². The highest BCUT2D eigenvalue weighted by atomic mass is 35.5. The minimum absolute atomic E-state index is 0.0967. The third kappa shape index (κ3) is 4.36. The molecule has 2 heterocycles. The number of hydrogen-bond acceptors (Lipinski definition) is 4. The summed E-state index contributed by atoms with van der Waals surface area (Å²) < 4.78 is 32.7. The van der Waals surface area contributed by atoms with E-state index in [-0.39, 0.29) is 27.9 Å². The molecule has 0 atom stereocenters. The third-order valence-electron chi connectivity index (χ3n) is 4.66. The molecule has 6 nitrogen and oxygen atoms in total. The molecule has 146 valence electrons. The van der Waals surface area contributed by atoms with Gasteiger partial charge in [0.1, 0.15) is 11.5 Å². The maximum atomic E-state index is 12.9. The van der Waals surface area contributed by atoms with Crippen molar-refractivity contribution in [1.29, 1.82) is 0 Å². The van der Waals surface area contributed by atoms with E-state index in [1.807, 2.05) is 13.0 Å². The summed E-state index contributed by atoms with van der Waals surface area (Å²) in [5, 5.41) is 0.222. The van der Waals surface area contributed by atoms with E-state index < -0.39 is 10.0 Å². The van der Waals surface area contributed by atoms with Crippen LogP contribution in [0.15, 0.2) is 39.6 Å². The zero-order valence-electron chi connectivity index (χ0n) is 15.4. The smallest absolute Gasteiger partial charge is 0.255 e. The maximum Gasteiger partial charge on any atom is 0.255 e. The fourth-order valence-corrected chi connectivity index (χ4v) is 4.91. The van der Waals surface area contributed by atoms with Crippen LogP contribution in [0.4, 0.5) is 0 Å². The van der Waals surface area contributed by atoms with Gasteiger partial charge in [0.25, 0.3) is 5.91 Å². The SMILES string of the molecule is Cc1ccc(CN(C)C(=O)c2cc(S(=O)(=O)N3CCCCC3)ccc2Cl)o1. The molecule has 27 heavy (non-hydrogen) atoms. The maximum absolute atomic E-state index is 12.9. The van der Waals surface area contributed by atoms with Gasteiger partial charge < -0.3 is 9.32 Å². The number of benzene rings is 1. The predicted octanol–water partition coefficient (Wildman–Crippen LogP) is 3.69. The van der Waals surface area contributed by atoms with Gasteiger partial charge in [0, 0.05) is 20.1 Å². The highest BCUT2D eigenvalue weighted by Crippen LogP contribution is 2.26. The van der Waals surface area contributed by atoms with Gasteiger partial charge >= 0.3 is 0 Å². The molecule has 0 unspecified atom stereocenters. The number of amides is 1. The number of aryl methyl sites for hydroxylation is 1. The van der Waals surface area contributed by atoms with Gasteiger partial charge in [0.05, 0.1) is 22.0 Å². The van der Waals surface area contributed by atoms with Crippen LogP contribution in [0.25, 0.3) is 0 Å². The highest BCUT2D eigenvalue weighted by molar-refractivity contribution is 7.89. The van der Waals surface area contributed by atoms with E-state index >= 15 is 0 Å². The molecule has 0 spiro atoms. The van der Waals surface area contributed by atoms with Gasteiger partial charge in [0.15, 0.2) is 0 Å². The first kappa shape index (κ1) is 19.9. The lowest BCUT2D eigenvalue weighted by atomic mass is 10.2. The molecule has 1 aromatic carbocycles. The molecule has 1 fully saturated rings.